The lowest BCUT2D eigenvalue weighted by atomic mass is 10.1. The van der Waals surface area contributed by atoms with Crippen LogP contribution >= 0.6 is 24.0 Å². The summed E-state index contributed by atoms with van der Waals surface area (Å²) < 4.78 is 0. The number of nitrogens with zero attached hydrogens (tertiary/aromatic N) is 2. The molecule has 0 unspecified atom stereocenters. The van der Waals surface area contributed by atoms with Crippen LogP contribution in [-0.4, -0.2) is 41.2 Å². The van der Waals surface area contributed by atoms with Crippen LogP contribution in [0.3, 0.4) is 0 Å². The van der Waals surface area contributed by atoms with E-state index in [2.05, 4.69) is 29.0 Å². The quantitative estimate of drug-likeness (QED) is 0.756. The number of likely N-dealkylation sites (N-methyl/N-ethyl adjacent to an activating group) is 1. The fraction of sp³-hybridized carbons (Fsp3) is 0.438. The van der Waals surface area contributed by atoms with E-state index in [9.17, 15) is 5.11 Å². The Morgan fingerprint density at radius 1 is 1.32 bits per heavy atom. The van der Waals surface area contributed by atoms with Gasteiger partial charge in [-0.15, -0.1) is 12.4 Å². The molecule has 1 heterocycles. The number of aromatic hydroxyl groups is 1. The van der Waals surface area contributed by atoms with Gasteiger partial charge in [0.05, 0.1) is 5.02 Å². The van der Waals surface area contributed by atoms with Crippen LogP contribution in [0.5, 0.6) is 5.75 Å². The Morgan fingerprint density at radius 3 is 2.73 bits per heavy atom. The number of halogens is 2. The maximum absolute atomic E-state index is 10.3. The first kappa shape index (κ1) is 19.0. The van der Waals surface area contributed by atoms with Gasteiger partial charge in [-0.1, -0.05) is 25.4 Å². The van der Waals surface area contributed by atoms with E-state index < -0.39 is 0 Å². The van der Waals surface area contributed by atoms with Crippen LogP contribution in [0.1, 0.15) is 19.4 Å². The zero-order valence-electron chi connectivity index (χ0n) is 13.0. The number of nitrogens with one attached hydrogen (secondary N) is 1. The van der Waals surface area contributed by atoms with E-state index in [-0.39, 0.29) is 18.2 Å². The predicted molar refractivity (Wildman–Crippen MR) is 95.2 cm³/mol. The van der Waals surface area contributed by atoms with Crippen LogP contribution in [0.25, 0.3) is 10.9 Å². The van der Waals surface area contributed by atoms with Crippen molar-refractivity contribution in [1.29, 1.82) is 0 Å². The Kier molecular flexibility index (Phi) is 7.90. The monoisotopic (exact) mass is 343 g/mol. The van der Waals surface area contributed by atoms with Gasteiger partial charge in [0.15, 0.2) is 0 Å². The highest BCUT2D eigenvalue weighted by Crippen LogP contribution is 2.32. The molecule has 0 spiro atoms. The van der Waals surface area contributed by atoms with Crippen molar-refractivity contribution in [2.75, 3.05) is 26.2 Å². The second kappa shape index (κ2) is 9.16. The van der Waals surface area contributed by atoms with E-state index >= 15 is 0 Å². The Hall–Kier alpha value is -1.07. The molecule has 0 atom stereocenters. The van der Waals surface area contributed by atoms with Gasteiger partial charge in [0, 0.05) is 36.8 Å². The molecule has 0 bridgehead atoms. The summed E-state index contributed by atoms with van der Waals surface area (Å²) in [7, 11) is 0. The van der Waals surface area contributed by atoms with Gasteiger partial charge in [-0.3, -0.25) is 4.98 Å². The number of phenolic OH excluding ortho intramolecular Hbond substituents is 1. The molecule has 0 amide bonds. The number of aromatic nitrogens is 1. The van der Waals surface area contributed by atoms with E-state index in [0.717, 1.165) is 37.1 Å². The SMILES string of the molecule is CCN(CC)CCNCc1cc(Cl)c2cccnc2c1O.Cl. The van der Waals surface area contributed by atoms with E-state index in [1.807, 2.05) is 18.2 Å². The lowest BCUT2D eigenvalue weighted by Crippen LogP contribution is -2.31. The molecule has 0 radical (unpaired) electrons. The second-order valence-electron chi connectivity index (χ2n) is 4.97. The summed E-state index contributed by atoms with van der Waals surface area (Å²) in [6, 6.07) is 5.49. The normalized spacial score (nSPS) is 10.9. The van der Waals surface area contributed by atoms with E-state index in [0.29, 0.717) is 17.1 Å². The lowest BCUT2D eigenvalue weighted by molar-refractivity contribution is 0.302. The minimum Gasteiger partial charge on any atom is -0.505 e. The second-order valence-corrected chi connectivity index (χ2v) is 5.38. The Balaban J connectivity index is 0.00000242. The van der Waals surface area contributed by atoms with Gasteiger partial charge in [0.2, 0.25) is 0 Å². The van der Waals surface area contributed by atoms with Crippen LogP contribution < -0.4 is 5.32 Å². The topological polar surface area (TPSA) is 48.4 Å². The molecule has 1 aromatic heterocycles. The average Bonchev–Trinajstić information content (AvgIpc) is 2.52. The molecule has 1 aromatic carbocycles. The molecule has 0 aliphatic heterocycles. The Bertz CT molecular complexity index is 603. The van der Waals surface area contributed by atoms with Crippen LogP contribution in [0.4, 0.5) is 0 Å². The molecular weight excluding hydrogens is 321 g/mol. The molecular formula is C16H23Cl2N3O. The van der Waals surface area contributed by atoms with Gasteiger partial charge in [0.1, 0.15) is 11.3 Å². The summed E-state index contributed by atoms with van der Waals surface area (Å²) >= 11 is 6.26. The third-order valence-electron chi connectivity index (χ3n) is 3.71. The van der Waals surface area contributed by atoms with Crippen molar-refractivity contribution < 1.29 is 5.11 Å². The third-order valence-corrected chi connectivity index (χ3v) is 4.02. The number of fused-ring (bicyclic) bond motifs is 1. The van der Waals surface area contributed by atoms with Gasteiger partial charge < -0.3 is 15.3 Å². The molecule has 0 aliphatic carbocycles. The van der Waals surface area contributed by atoms with Gasteiger partial charge >= 0.3 is 0 Å². The molecule has 2 N–H and O–H groups in total. The highest BCUT2D eigenvalue weighted by atomic mass is 35.5. The molecule has 0 fully saturated rings. The van der Waals surface area contributed by atoms with Crippen LogP contribution in [0.15, 0.2) is 24.4 Å². The first-order valence-corrected chi connectivity index (χ1v) is 7.73. The zero-order valence-corrected chi connectivity index (χ0v) is 14.5. The fourth-order valence-corrected chi connectivity index (χ4v) is 2.66. The van der Waals surface area contributed by atoms with Gasteiger partial charge in [0.25, 0.3) is 0 Å². The van der Waals surface area contributed by atoms with Crippen molar-refractivity contribution in [2.45, 2.75) is 20.4 Å². The summed E-state index contributed by atoms with van der Waals surface area (Å²) in [6.45, 7) is 8.87. The number of rotatable bonds is 7. The minimum absolute atomic E-state index is 0. The van der Waals surface area contributed by atoms with Crippen molar-refractivity contribution in [1.82, 2.24) is 15.2 Å². The fourth-order valence-electron chi connectivity index (χ4n) is 2.37. The Labute approximate surface area is 142 Å². The van der Waals surface area contributed by atoms with Crippen LogP contribution in [0.2, 0.25) is 5.02 Å². The molecule has 122 valence electrons. The predicted octanol–water partition coefficient (Wildman–Crippen LogP) is 3.45. The standard InChI is InChI=1S/C16H22ClN3O.ClH/c1-3-20(4-2)9-8-18-11-12-10-14(17)13-6-5-7-19-15(13)16(12)21;/h5-7,10,18,21H,3-4,8-9,11H2,1-2H3;1H. The minimum atomic E-state index is 0. The van der Waals surface area contributed by atoms with E-state index in [4.69, 9.17) is 11.6 Å². The van der Waals surface area contributed by atoms with Crippen molar-refractivity contribution in [3.8, 4) is 5.75 Å². The third kappa shape index (κ3) is 4.46. The number of hydrogen-bond donors (Lipinski definition) is 2. The summed E-state index contributed by atoms with van der Waals surface area (Å²) in [5, 5.41) is 15.1. The summed E-state index contributed by atoms with van der Waals surface area (Å²) in [4.78, 5) is 6.56. The van der Waals surface area contributed by atoms with Crippen LogP contribution in [0, 0.1) is 0 Å². The maximum atomic E-state index is 10.3. The molecule has 22 heavy (non-hydrogen) atoms. The molecule has 2 aromatic rings. The zero-order chi connectivity index (χ0) is 15.2. The van der Waals surface area contributed by atoms with Crippen molar-refractivity contribution in [3.63, 3.8) is 0 Å². The van der Waals surface area contributed by atoms with E-state index in [1.54, 1.807) is 6.20 Å². The molecule has 2 rings (SSSR count). The largest absolute Gasteiger partial charge is 0.505 e. The number of phenols is 1. The smallest absolute Gasteiger partial charge is 0.146 e. The van der Waals surface area contributed by atoms with Crippen LogP contribution in [-0.2, 0) is 6.54 Å². The van der Waals surface area contributed by atoms with Gasteiger partial charge in [-0.25, -0.2) is 0 Å². The molecule has 0 saturated heterocycles. The first-order chi connectivity index (χ1) is 10.2. The molecule has 6 heteroatoms. The lowest BCUT2D eigenvalue weighted by Gasteiger charge is -2.18. The van der Waals surface area contributed by atoms with Crippen molar-refractivity contribution >= 4 is 34.9 Å². The summed E-state index contributed by atoms with van der Waals surface area (Å²) in [5.74, 6) is 0.213. The average molecular weight is 344 g/mol. The summed E-state index contributed by atoms with van der Waals surface area (Å²) in [6.07, 6.45) is 1.66. The van der Waals surface area contributed by atoms with Crippen molar-refractivity contribution in [2.24, 2.45) is 0 Å². The highest BCUT2D eigenvalue weighted by Gasteiger charge is 2.11. The number of pyridine rings is 1. The van der Waals surface area contributed by atoms with Gasteiger partial charge in [-0.05, 0) is 31.3 Å². The van der Waals surface area contributed by atoms with E-state index in [1.165, 1.54) is 0 Å². The maximum Gasteiger partial charge on any atom is 0.146 e. The van der Waals surface area contributed by atoms with Gasteiger partial charge in [-0.2, -0.15) is 0 Å². The molecule has 4 nitrogen and oxygen atoms in total. The highest BCUT2D eigenvalue weighted by molar-refractivity contribution is 6.35. The number of hydrogen-bond acceptors (Lipinski definition) is 4. The molecule has 0 saturated carbocycles. The molecule has 0 aliphatic rings. The number of benzene rings is 1. The summed E-state index contributed by atoms with van der Waals surface area (Å²) in [5.41, 5.74) is 1.34. The Morgan fingerprint density at radius 2 is 2.05 bits per heavy atom. The first-order valence-electron chi connectivity index (χ1n) is 7.35. The van der Waals surface area contributed by atoms with Crippen molar-refractivity contribution in [3.05, 3.63) is 35.0 Å².